The molecule has 3 heterocycles. The number of phenolic OH excluding ortho intramolecular Hbond substituents is 2. The van der Waals surface area contributed by atoms with Crippen LogP contribution in [0, 0.1) is 0 Å². The second-order valence-electron chi connectivity index (χ2n) is 12.0. The molecule has 7 N–H and O–H groups in total. The van der Waals surface area contributed by atoms with Gasteiger partial charge in [-0.05, 0) is 58.4 Å². The summed E-state index contributed by atoms with van der Waals surface area (Å²) >= 11 is 0. The van der Waals surface area contributed by atoms with E-state index in [2.05, 4.69) is 0 Å². The highest BCUT2D eigenvalue weighted by Gasteiger charge is 2.50. The van der Waals surface area contributed by atoms with Gasteiger partial charge in [-0.25, -0.2) is 0 Å². The summed E-state index contributed by atoms with van der Waals surface area (Å²) in [4.78, 5) is 14.2. The molecule has 47 heavy (non-hydrogen) atoms. The average molecular weight is 661 g/mol. The second-order valence-corrected chi connectivity index (χ2v) is 12.0. The number of ether oxygens (including phenoxy) is 5. The van der Waals surface area contributed by atoms with Gasteiger partial charge in [0, 0.05) is 17.2 Å². The Morgan fingerprint density at radius 3 is 2.09 bits per heavy atom. The highest BCUT2D eigenvalue weighted by Crippen LogP contribution is 2.41. The Labute approximate surface area is 269 Å². The van der Waals surface area contributed by atoms with Crippen LogP contribution < -0.4 is 14.9 Å². The lowest BCUT2D eigenvalue weighted by atomic mass is 9.98. The quantitative estimate of drug-likeness (QED) is 0.170. The fraction of sp³-hybridized carbons (Fsp3) is 0.485. The summed E-state index contributed by atoms with van der Waals surface area (Å²) in [5.41, 5.74) is 0.546. The molecule has 3 aromatic rings. The van der Waals surface area contributed by atoms with Gasteiger partial charge in [0.1, 0.15) is 58.7 Å². The summed E-state index contributed by atoms with van der Waals surface area (Å²) in [5, 5.41) is 74.0. The van der Waals surface area contributed by atoms with Crippen molar-refractivity contribution in [2.75, 3.05) is 7.11 Å². The van der Waals surface area contributed by atoms with E-state index >= 15 is 0 Å². The van der Waals surface area contributed by atoms with Crippen molar-refractivity contribution in [2.45, 2.75) is 95.5 Å². The molecule has 0 amide bonds. The number of hydrogen-bond donors (Lipinski definition) is 7. The molecule has 5 rings (SSSR count). The van der Waals surface area contributed by atoms with Crippen molar-refractivity contribution in [2.24, 2.45) is 0 Å². The molecule has 2 aliphatic heterocycles. The van der Waals surface area contributed by atoms with Crippen molar-refractivity contribution in [1.29, 1.82) is 0 Å². The van der Waals surface area contributed by atoms with Crippen LogP contribution in [-0.4, -0.2) is 104 Å². The molecule has 256 valence electrons. The van der Waals surface area contributed by atoms with Crippen LogP contribution in [0.15, 0.2) is 51.2 Å². The Kier molecular flexibility index (Phi) is 10.1. The van der Waals surface area contributed by atoms with Crippen LogP contribution in [0.1, 0.15) is 33.3 Å². The number of fused-ring (bicyclic) bond motifs is 1. The van der Waals surface area contributed by atoms with Gasteiger partial charge >= 0.3 is 0 Å². The van der Waals surface area contributed by atoms with Gasteiger partial charge in [0.05, 0.1) is 19.3 Å². The molecule has 2 aromatic carbocycles. The van der Waals surface area contributed by atoms with E-state index in [0.29, 0.717) is 11.3 Å². The van der Waals surface area contributed by atoms with Gasteiger partial charge in [0.25, 0.3) is 0 Å². The Morgan fingerprint density at radius 1 is 0.851 bits per heavy atom. The summed E-state index contributed by atoms with van der Waals surface area (Å²) in [6, 6.07) is 7.43. The molecule has 0 radical (unpaired) electrons. The van der Waals surface area contributed by atoms with E-state index in [1.54, 1.807) is 24.3 Å². The van der Waals surface area contributed by atoms with Crippen LogP contribution in [-0.2, 0) is 20.6 Å². The van der Waals surface area contributed by atoms with Crippen molar-refractivity contribution < 1.29 is 63.8 Å². The SMILES string of the molecule is COc1ccc(-c2oc3c(CC=C(C)C)c(O)cc(O)c3c(=O)c2O[C@@H]2O[C@@H](C)[C@H](O)[C@@H](O)[C@H]2O[C@@H]2O[C@@H](C)[C@H](O)[C@@H](O)[C@H]2O)cc1. The van der Waals surface area contributed by atoms with Crippen molar-refractivity contribution in [3.05, 3.63) is 57.8 Å². The summed E-state index contributed by atoms with van der Waals surface area (Å²) in [6.45, 7) is 6.61. The maximum atomic E-state index is 14.2. The highest BCUT2D eigenvalue weighted by atomic mass is 16.8. The van der Waals surface area contributed by atoms with Crippen LogP contribution in [0.4, 0.5) is 0 Å². The van der Waals surface area contributed by atoms with E-state index in [1.165, 1.54) is 21.0 Å². The first kappa shape index (κ1) is 34.6. The lowest BCUT2D eigenvalue weighted by Gasteiger charge is -2.45. The minimum Gasteiger partial charge on any atom is -0.507 e. The lowest BCUT2D eigenvalue weighted by molar-refractivity contribution is -0.352. The fourth-order valence-electron chi connectivity index (χ4n) is 5.55. The Bertz CT molecular complexity index is 1660. The molecular weight excluding hydrogens is 620 g/mol. The number of aliphatic hydroxyl groups is 5. The predicted octanol–water partition coefficient (Wildman–Crippen LogP) is 1.45. The molecule has 2 aliphatic rings. The number of aliphatic hydroxyl groups excluding tert-OH is 5. The largest absolute Gasteiger partial charge is 0.507 e. The third-order valence-corrected chi connectivity index (χ3v) is 8.37. The summed E-state index contributed by atoms with van der Waals surface area (Å²) < 4.78 is 34.9. The van der Waals surface area contributed by atoms with Crippen molar-refractivity contribution in [1.82, 2.24) is 0 Å². The zero-order valence-corrected chi connectivity index (χ0v) is 26.4. The highest BCUT2D eigenvalue weighted by molar-refractivity contribution is 5.91. The van der Waals surface area contributed by atoms with Gasteiger partial charge in [-0.15, -0.1) is 0 Å². The zero-order valence-electron chi connectivity index (χ0n) is 26.4. The topological polar surface area (TPSA) is 218 Å². The van der Waals surface area contributed by atoms with Crippen molar-refractivity contribution in [3.8, 4) is 34.3 Å². The maximum Gasteiger partial charge on any atom is 0.239 e. The van der Waals surface area contributed by atoms with Gasteiger partial charge in [0.15, 0.2) is 18.2 Å². The third-order valence-electron chi connectivity index (χ3n) is 8.37. The molecule has 2 saturated heterocycles. The van der Waals surface area contributed by atoms with Gasteiger partial charge < -0.3 is 63.8 Å². The monoisotopic (exact) mass is 660 g/mol. The number of methoxy groups -OCH3 is 1. The molecular formula is C33H40O14. The number of benzene rings is 2. The summed E-state index contributed by atoms with van der Waals surface area (Å²) in [5.74, 6) is -0.987. The standard InChI is InChI=1S/C33H40O14/c1-13(2)6-11-18-19(34)12-20(35)21-24(38)30(28(45-29(18)21)16-7-9-17(42-5)10-8-16)46-33-31(26(40)23(37)15(4)44-33)47-32-27(41)25(39)22(36)14(3)43-32/h6-10,12,14-15,22-23,25-27,31-37,39-41H,11H2,1-5H3/t14-,15-,22-,23-,25+,26+,27+,31+,32-,33-/m0/s1. The van der Waals surface area contributed by atoms with Crippen LogP contribution >= 0.6 is 0 Å². The van der Waals surface area contributed by atoms with E-state index in [9.17, 15) is 40.5 Å². The second kappa shape index (κ2) is 13.8. The first-order valence-corrected chi connectivity index (χ1v) is 15.1. The number of aromatic hydroxyl groups is 2. The van der Waals surface area contributed by atoms with Gasteiger partial charge in [-0.3, -0.25) is 4.79 Å². The number of rotatable bonds is 8. The molecule has 10 atom stereocenters. The predicted molar refractivity (Wildman–Crippen MR) is 165 cm³/mol. The Morgan fingerprint density at radius 2 is 1.47 bits per heavy atom. The average Bonchev–Trinajstić information content (AvgIpc) is 3.03. The Balaban J connectivity index is 1.65. The first-order chi connectivity index (χ1) is 22.2. The maximum absolute atomic E-state index is 14.2. The van der Waals surface area contributed by atoms with E-state index in [4.69, 9.17) is 28.1 Å². The van der Waals surface area contributed by atoms with Crippen LogP contribution in [0.5, 0.6) is 23.0 Å². The lowest BCUT2D eigenvalue weighted by Crippen LogP contribution is -2.63. The molecule has 0 aliphatic carbocycles. The Hall–Kier alpha value is -3.73. The van der Waals surface area contributed by atoms with Crippen LogP contribution in [0.2, 0.25) is 0 Å². The van der Waals surface area contributed by atoms with Crippen LogP contribution in [0.3, 0.4) is 0 Å². The molecule has 1 aromatic heterocycles. The van der Waals surface area contributed by atoms with E-state index in [0.717, 1.165) is 11.6 Å². The zero-order chi connectivity index (χ0) is 34.3. The molecule has 0 spiro atoms. The van der Waals surface area contributed by atoms with Crippen molar-refractivity contribution >= 4 is 11.0 Å². The minimum absolute atomic E-state index is 0.0929. The van der Waals surface area contributed by atoms with Gasteiger partial charge in [0.2, 0.25) is 17.5 Å². The van der Waals surface area contributed by atoms with Gasteiger partial charge in [-0.2, -0.15) is 0 Å². The summed E-state index contributed by atoms with van der Waals surface area (Å²) in [7, 11) is 1.48. The number of hydrogen-bond acceptors (Lipinski definition) is 14. The smallest absolute Gasteiger partial charge is 0.239 e. The molecule has 0 saturated carbocycles. The normalized spacial score (nSPS) is 31.0. The summed E-state index contributed by atoms with van der Waals surface area (Å²) in [6.07, 6.45) is -13.0. The van der Waals surface area contributed by atoms with E-state index < -0.39 is 78.3 Å². The van der Waals surface area contributed by atoms with Crippen molar-refractivity contribution in [3.63, 3.8) is 0 Å². The number of allylic oxidation sites excluding steroid dienone is 2. The fourth-order valence-corrected chi connectivity index (χ4v) is 5.55. The minimum atomic E-state index is -1.77. The molecule has 0 bridgehead atoms. The molecule has 0 unspecified atom stereocenters. The number of phenols is 2. The van der Waals surface area contributed by atoms with Gasteiger partial charge in [-0.1, -0.05) is 11.6 Å². The molecule has 2 fully saturated rings. The van der Waals surface area contributed by atoms with E-state index in [-0.39, 0.29) is 34.5 Å². The third kappa shape index (κ3) is 6.68. The van der Waals surface area contributed by atoms with E-state index in [1.807, 2.05) is 19.9 Å². The van der Waals surface area contributed by atoms with Crippen LogP contribution in [0.25, 0.3) is 22.3 Å². The molecule has 14 heteroatoms. The first-order valence-electron chi connectivity index (χ1n) is 15.1. The molecule has 14 nitrogen and oxygen atoms in total.